The number of halogens is 4. The fraction of sp³-hybridized carbons (Fsp3) is 0.462. The molecule has 0 saturated heterocycles. The van der Waals surface area contributed by atoms with Gasteiger partial charge >= 0.3 is 6.18 Å². The van der Waals surface area contributed by atoms with Crippen molar-refractivity contribution in [2.75, 3.05) is 12.0 Å². The van der Waals surface area contributed by atoms with Crippen molar-refractivity contribution in [1.29, 1.82) is 0 Å². The maximum absolute atomic E-state index is 12.7. The van der Waals surface area contributed by atoms with Crippen LogP contribution in [0.3, 0.4) is 0 Å². The Hall–Kier alpha value is -0.890. The first-order valence-corrected chi connectivity index (χ1v) is 8.61. The molecule has 8 heteroatoms. The van der Waals surface area contributed by atoms with Crippen molar-refractivity contribution in [2.45, 2.75) is 25.6 Å². The van der Waals surface area contributed by atoms with Gasteiger partial charge in [0.1, 0.15) is 0 Å². The van der Waals surface area contributed by atoms with E-state index in [0.717, 1.165) is 12.1 Å². The van der Waals surface area contributed by atoms with Crippen molar-refractivity contribution in [2.24, 2.45) is 0 Å². The van der Waals surface area contributed by atoms with Crippen LogP contribution in [0.1, 0.15) is 29.3 Å². The molecule has 0 heterocycles. The van der Waals surface area contributed by atoms with Crippen LogP contribution in [0.2, 0.25) is 0 Å². The third kappa shape index (κ3) is 5.78. The predicted molar refractivity (Wildman–Crippen MR) is 79.6 cm³/mol. The number of carbonyl (C=O) groups is 1. The number of rotatable bonds is 5. The molecule has 0 fully saturated rings. The van der Waals surface area contributed by atoms with E-state index in [4.69, 9.17) is 0 Å². The third-order valence-electron chi connectivity index (χ3n) is 2.75. The van der Waals surface area contributed by atoms with Crippen LogP contribution < -0.4 is 5.32 Å². The molecule has 1 N–H and O–H groups in total. The normalized spacial score (nSPS) is 14.6. The summed E-state index contributed by atoms with van der Waals surface area (Å²) in [5.41, 5.74) is -0.951. The van der Waals surface area contributed by atoms with Gasteiger partial charge in [0.15, 0.2) is 0 Å². The van der Waals surface area contributed by atoms with Crippen LogP contribution in [0.25, 0.3) is 0 Å². The van der Waals surface area contributed by atoms with Gasteiger partial charge in [0, 0.05) is 33.3 Å². The van der Waals surface area contributed by atoms with Crippen LogP contribution in [0.5, 0.6) is 0 Å². The van der Waals surface area contributed by atoms with Gasteiger partial charge in [-0.05, 0) is 47.5 Å². The number of hydrogen-bond acceptors (Lipinski definition) is 2. The summed E-state index contributed by atoms with van der Waals surface area (Å²) in [6.07, 6.45) is -2.45. The highest BCUT2D eigenvalue weighted by molar-refractivity contribution is 9.10. The van der Waals surface area contributed by atoms with Crippen molar-refractivity contribution < 1.29 is 22.2 Å². The Balaban J connectivity index is 2.84. The lowest BCUT2D eigenvalue weighted by molar-refractivity contribution is -0.137. The molecule has 0 aliphatic rings. The highest BCUT2D eigenvalue weighted by atomic mass is 79.9. The van der Waals surface area contributed by atoms with Gasteiger partial charge in [0.2, 0.25) is 0 Å². The standard InChI is InChI=1S/C13H15BrF3NO2S/c1-8(5-6-21(2)20)18-12(19)10-7-9(13(15,16)17)3-4-11(10)14/h3-4,7-8H,5-6H2,1-2H3,(H,18,19). The van der Waals surface area contributed by atoms with E-state index >= 15 is 0 Å². The molecule has 0 aromatic heterocycles. The van der Waals surface area contributed by atoms with Gasteiger partial charge in [-0.1, -0.05) is 0 Å². The SMILES string of the molecule is CC(CCS(C)=O)NC(=O)c1cc(C(F)(F)F)ccc1Br. The van der Waals surface area contributed by atoms with E-state index in [1.807, 2.05) is 0 Å². The molecule has 0 radical (unpaired) electrons. The van der Waals surface area contributed by atoms with Gasteiger partial charge in [-0.2, -0.15) is 13.2 Å². The number of benzene rings is 1. The topological polar surface area (TPSA) is 46.2 Å². The summed E-state index contributed by atoms with van der Waals surface area (Å²) in [5.74, 6) is -0.173. The van der Waals surface area contributed by atoms with Gasteiger partial charge in [-0.3, -0.25) is 9.00 Å². The lowest BCUT2D eigenvalue weighted by Crippen LogP contribution is -2.33. The summed E-state index contributed by atoms with van der Waals surface area (Å²) in [4.78, 5) is 12.0. The van der Waals surface area contributed by atoms with E-state index in [1.54, 1.807) is 13.2 Å². The summed E-state index contributed by atoms with van der Waals surface area (Å²) in [5, 5.41) is 2.60. The summed E-state index contributed by atoms with van der Waals surface area (Å²) in [6.45, 7) is 1.71. The minimum Gasteiger partial charge on any atom is -0.350 e. The molecule has 1 aromatic rings. The Bertz CT molecular complexity index is 549. The van der Waals surface area contributed by atoms with Crippen molar-refractivity contribution >= 4 is 32.6 Å². The van der Waals surface area contributed by atoms with Gasteiger partial charge in [-0.25, -0.2) is 0 Å². The molecular formula is C13H15BrF3NO2S. The highest BCUT2D eigenvalue weighted by Gasteiger charge is 2.31. The second kappa shape index (κ2) is 7.40. The Labute approximate surface area is 131 Å². The molecule has 1 aromatic carbocycles. The zero-order chi connectivity index (χ0) is 16.2. The van der Waals surface area contributed by atoms with Crippen LogP contribution in [-0.4, -0.2) is 28.2 Å². The smallest absolute Gasteiger partial charge is 0.350 e. The monoisotopic (exact) mass is 385 g/mol. The van der Waals surface area contributed by atoms with Crippen LogP contribution in [0, 0.1) is 0 Å². The van der Waals surface area contributed by atoms with Crippen molar-refractivity contribution in [3.8, 4) is 0 Å². The van der Waals surface area contributed by atoms with Gasteiger partial charge < -0.3 is 5.32 Å². The van der Waals surface area contributed by atoms with E-state index in [-0.39, 0.29) is 11.6 Å². The average molecular weight is 386 g/mol. The lowest BCUT2D eigenvalue weighted by Gasteiger charge is -2.15. The molecule has 0 aliphatic heterocycles. The van der Waals surface area contributed by atoms with Gasteiger partial charge in [0.05, 0.1) is 11.1 Å². The quantitative estimate of drug-likeness (QED) is 0.844. The number of alkyl halides is 3. The molecule has 0 aliphatic carbocycles. The second-order valence-electron chi connectivity index (χ2n) is 4.63. The summed E-state index contributed by atoms with van der Waals surface area (Å²) in [7, 11) is -0.975. The minimum absolute atomic E-state index is 0.0747. The predicted octanol–water partition coefficient (Wildman–Crippen LogP) is 3.35. The van der Waals surface area contributed by atoms with E-state index in [0.29, 0.717) is 16.6 Å². The van der Waals surface area contributed by atoms with E-state index < -0.39 is 28.4 Å². The van der Waals surface area contributed by atoms with E-state index in [2.05, 4.69) is 21.2 Å². The molecule has 1 amide bonds. The molecular weight excluding hydrogens is 371 g/mol. The molecule has 0 bridgehead atoms. The number of hydrogen-bond donors (Lipinski definition) is 1. The lowest BCUT2D eigenvalue weighted by atomic mass is 10.1. The Morgan fingerprint density at radius 3 is 2.57 bits per heavy atom. The first kappa shape index (κ1) is 18.2. The zero-order valence-corrected chi connectivity index (χ0v) is 13.9. The third-order valence-corrected chi connectivity index (χ3v) is 4.26. The van der Waals surface area contributed by atoms with Crippen LogP contribution in [0.15, 0.2) is 22.7 Å². The summed E-state index contributed by atoms with van der Waals surface area (Å²) in [6, 6.07) is 2.64. The Morgan fingerprint density at radius 2 is 2.05 bits per heavy atom. The number of nitrogens with one attached hydrogen (secondary N) is 1. The fourth-order valence-corrected chi connectivity index (χ4v) is 2.70. The van der Waals surface area contributed by atoms with E-state index in [9.17, 15) is 22.2 Å². The molecule has 3 nitrogen and oxygen atoms in total. The van der Waals surface area contributed by atoms with Crippen LogP contribution in [0.4, 0.5) is 13.2 Å². The first-order valence-electron chi connectivity index (χ1n) is 6.09. The highest BCUT2D eigenvalue weighted by Crippen LogP contribution is 2.31. The summed E-state index contributed by atoms with van der Waals surface area (Å²) >= 11 is 3.07. The molecule has 0 spiro atoms. The Morgan fingerprint density at radius 1 is 1.43 bits per heavy atom. The number of amides is 1. The molecule has 2 unspecified atom stereocenters. The molecule has 21 heavy (non-hydrogen) atoms. The second-order valence-corrected chi connectivity index (χ2v) is 7.04. The largest absolute Gasteiger partial charge is 0.416 e. The molecule has 1 rings (SSSR count). The maximum atomic E-state index is 12.7. The van der Waals surface area contributed by atoms with Crippen molar-refractivity contribution in [1.82, 2.24) is 5.32 Å². The fourth-order valence-electron chi connectivity index (χ4n) is 1.59. The molecule has 2 atom stereocenters. The maximum Gasteiger partial charge on any atom is 0.416 e. The van der Waals surface area contributed by atoms with Gasteiger partial charge in [0.25, 0.3) is 5.91 Å². The summed E-state index contributed by atoms with van der Waals surface area (Å²) < 4.78 is 49.2. The zero-order valence-electron chi connectivity index (χ0n) is 11.5. The molecule has 0 saturated carbocycles. The van der Waals surface area contributed by atoms with Crippen molar-refractivity contribution in [3.05, 3.63) is 33.8 Å². The number of carbonyl (C=O) groups excluding carboxylic acids is 1. The van der Waals surface area contributed by atoms with E-state index in [1.165, 1.54) is 6.07 Å². The molecule has 118 valence electrons. The van der Waals surface area contributed by atoms with Crippen molar-refractivity contribution in [3.63, 3.8) is 0 Å². The average Bonchev–Trinajstić information content (AvgIpc) is 2.35. The Kier molecular flexibility index (Phi) is 6.40. The van der Waals surface area contributed by atoms with Gasteiger partial charge in [-0.15, -0.1) is 0 Å². The minimum atomic E-state index is -4.50. The first-order chi connectivity index (χ1) is 9.61. The van der Waals surface area contributed by atoms with Crippen LogP contribution in [-0.2, 0) is 17.0 Å². The van der Waals surface area contributed by atoms with Crippen LogP contribution >= 0.6 is 15.9 Å².